The predicted octanol–water partition coefficient (Wildman–Crippen LogP) is 6.04. The molecule has 0 N–H and O–H groups in total. The van der Waals surface area contributed by atoms with Crippen molar-refractivity contribution in [3.05, 3.63) is 58.2 Å². The normalized spacial score (nSPS) is 13.7. The maximum atomic E-state index is 13.9. The minimum absolute atomic E-state index is 2.33. The Labute approximate surface area is 151 Å². The zero-order chi connectivity index (χ0) is 20.4. The Morgan fingerprint density at radius 1 is 0.346 bits per heavy atom. The molecule has 0 fully saturated rings. The minimum atomic E-state index is -6.68. The van der Waals surface area contributed by atoms with Crippen LogP contribution >= 0.6 is 38.4 Å². The molecule has 0 saturated carbocycles. The molecule has 0 radical (unpaired) electrons. The molecule has 0 aliphatic heterocycles. The van der Waals surface area contributed by atoms with E-state index in [0.717, 1.165) is 0 Å². The van der Waals surface area contributed by atoms with Gasteiger partial charge in [0, 0.05) is 0 Å². The Morgan fingerprint density at radius 3 is 0.692 bits per heavy atom. The molecule has 0 atom stereocenters. The molecule has 14 heteroatoms. The van der Waals surface area contributed by atoms with Crippen LogP contribution in [0, 0.1) is 58.2 Å². The number of hydrogen-bond acceptors (Lipinski definition) is 0. The van der Waals surface area contributed by atoms with E-state index in [9.17, 15) is 43.9 Å². The van der Waals surface area contributed by atoms with Gasteiger partial charge in [-0.2, -0.15) is 0 Å². The molecule has 0 bridgehead atoms. The fourth-order valence-electron chi connectivity index (χ4n) is 1.94. The van der Waals surface area contributed by atoms with Gasteiger partial charge in [-0.25, -0.2) is 0 Å². The summed E-state index contributed by atoms with van der Waals surface area (Å²) in [6, 6.07) is 0. The van der Waals surface area contributed by atoms with Crippen molar-refractivity contribution in [1.82, 2.24) is 0 Å². The molecule has 0 aromatic heterocycles. The summed E-state index contributed by atoms with van der Waals surface area (Å²) >= 11 is 16.3. The van der Waals surface area contributed by atoms with E-state index in [4.69, 9.17) is 33.7 Å². The van der Waals surface area contributed by atoms with Crippen molar-refractivity contribution in [2.24, 2.45) is 0 Å². The van der Waals surface area contributed by atoms with Crippen LogP contribution in [0.2, 0.25) is 0 Å². The summed E-state index contributed by atoms with van der Waals surface area (Å²) in [5.74, 6) is -27.2. The fraction of sp³-hybridized carbons (Fsp3) is 0. The third-order valence-electron chi connectivity index (χ3n) is 3.10. The molecule has 2 aromatic carbocycles. The molecule has 0 unspecified atom stereocenters. The van der Waals surface area contributed by atoms with Crippen LogP contribution in [0.1, 0.15) is 0 Å². The Bertz CT molecular complexity index is 821. The summed E-state index contributed by atoms with van der Waals surface area (Å²) in [5.41, 5.74) is 0. The standard InChI is InChI=1S/C12Cl3F10P/c13-26(14,15,11-7(22)3(18)1(16)4(19)8(11)23)12-9(24)5(20)2(17)6(21)10(12)25. The second-order valence-electron chi connectivity index (χ2n) is 4.65. The van der Waals surface area contributed by atoms with E-state index in [1.54, 1.807) is 0 Å². The first-order valence-corrected chi connectivity index (χ1v) is 10.8. The topological polar surface area (TPSA) is 0 Å². The van der Waals surface area contributed by atoms with E-state index >= 15 is 0 Å². The predicted molar refractivity (Wildman–Crippen MR) is 76.2 cm³/mol. The van der Waals surface area contributed by atoms with Gasteiger partial charge in [-0.1, -0.05) is 0 Å². The molecule has 26 heavy (non-hydrogen) atoms. The molecule has 0 aliphatic rings. The summed E-state index contributed by atoms with van der Waals surface area (Å²) in [4.78, 5) is 0. The van der Waals surface area contributed by atoms with Gasteiger partial charge < -0.3 is 0 Å². The second kappa shape index (κ2) is 6.29. The van der Waals surface area contributed by atoms with E-state index in [-0.39, 0.29) is 0 Å². The zero-order valence-corrected chi connectivity index (χ0v) is 14.5. The summed E-state index contributed by atoms with van der Waals surface area (Å²) in [6.07, 6.45) is 0. The first kappa shape index (κ1) is 21.3. The van der Waals surface area contributed by atoms with Gasteiger partial charge in [-0.15, -0.1) is 0 Å². The molecule has 0 heterocycles. The van der Waals surface area contributed by atoms with Crippen molar-refractivity contribution in [2.45, 2.75) is 0 Å². The first-order valence-electron chi connectivity index (χ1n) is 5.84. The van der Waals surface area contributed by atoms with Crippen LogP contribution in [-0.4, -0.2) is 0 Å². The fourth-order valence-corrected chi connectivity index (χ4v) is 6.51. The second-order valence-corrected chi connectivity index (χ2v) is 14.8. The van der Waals surface area contributed by atoms with Gasteiger partial charge >= 0.3 is 151 Å². The summed E-state index contributed by atoms with van der Waals surface area (Å²) in [6.45, 7) is 0. The van der Waals surface area contributed by atoms with Gasteiger partial charge in [0.25, 0.3) is 0 Å². The van der Waals surface area contributed by atoms with Crippen molar-refractivity contribution in [1.29, 1.82) is 0 Å². The van der Waals surface area contributed by atoms with Gasteiger partial charge in [0.1, 0.15) is 0 Å². The Kier molecular flexibility index (Phi) is 5.16. The van der Waals surface area contributed by atoms with E-state index in [1.165, 1.54) is 0 Å². The van der Waals surface area contributed by atoms with Crippen LogP contribution in [0.25, 0.3) is 0 Å². The number of rotatable bonds is 2. The van der Waals surface area contributed by atoms with Crippen LogP contribution in [-0.2, 0) is 0 Å². The van der Waals surface area contributed by atoms with Gasteiger partial charge in [-0.3, -0.25) is 0 Å². The van der Waals surface area contributed by atoms with Gasteiger partial charge in [0.2, 0.25) is 0 Å². The van der Waals surface area contributed by atoms with E-state index in [1.807, 2.05) is 0 Å². The monoisotopic (exact) mass is 470 g/mol. The summed E-state index contributed by atoms with van der Waals surface area (Å²) in [7, 11) is 0. The Hall–Kier alpha value is -0.960. The summed E-state index contributed by atoms with van der Waals surface area (Å²) < 4.78 is 129. The number of halogens is 13. The molecule has 144 valence electrons. The third kappa shape index (κ3) is 2.82. The Morgan fingerprint density at radius 2 is 0.500 bits per heavy atom. The molecule has 2 rings (SSSR count). The molecule has 0 saturated heterocycles. The Balaban J connectivity index is 3.10. The molecule has 0 nitrogen and oxygen atoms in total. The average molecular weight is 471 g/mol. The van der Waals surface area contributed by atoms with Crippen molar-refractivity contribution >= 4 is 49.0 Å². The third-order valence-corrected chi connectivity index (χ3v) is 8.39. The van der Waals surface area contributed by atoms with Crippen molar-refractivity contribution in [3.8, 4) is 0 Å². The van der Waals surface area contributed by atoms with Crippen LogP contribution in [0.3, 0.4) is 0 Å². The molecule has 2 aromatic rings. The van der Waals surface area contributed by atoms with Gasteiger partial charge in [0.05, 0.1) is 0 Å². The van der Waals surface area contributed by atoms with Gasteiger partial charge in [-0.05, 0) is 0 Å². The first-order chi connectivity index (χ1) is 11.6. The average Bonchev–Trinajstić information content (AvgIpc) is 2.53. The zero-order valence-electron chi connectivity index (χ0n) is 11.4. The summed E-state index contributed by atoms with van der Waals surface area (Å²) in [5, 5.41) is -4.67. The SMILES string of the molecule is Fc1c(F)c(F)c(P(Cl)(Cl)(Cl)c2c(F)c(F)c(F)c(F)c2F)c(F)c1F. The molecule has 0 spiro atoms. The van der Waals surface area contributed by atoms with Crippen LogP contribution in [0.15, 0.2) is 0 Å². The number of benzene rings is 2. The van der Waals surface area contributed by atoms with Crippen molar-refractivity contribution in [3.63, 3.8) is 0 Å². The molecular formula is C12Cl3F10P. The van der Waals surface area contributed by atoms with Crippen LogP contribution in [0.5, 0.6) is 0 Å². The number of hydrogen-bond donors (Lipinski definition) is 0. The molecule has 0 amide bonds. The molecular weight excluding hydrogens is 471 g/mol. The molecule has 0 aliphatic carbocycles. The van der Waals surface area contributed by atoms with Crippen LogP contribution < -0.4 is 10.6 Å². The van der Waals surface area contributed by atoms with E-state index in [0.29, 0.717) is 0 Å². The van der Waals surface area contributed by atoms with Crippen molar-refractivity contribution < 1.29 is 43.9 Å². The van der Waals surface area contributed by atoms with Crippen LogP contribution in [0.4, 0.5) is 43.9 Å². The van der Waals surface area contributed by atoms with E-state index < -0.39 is 73.4 Å². The van der Waals surface area contributed by atoms with Crippen molar-refractivity contribution in [2.75, 3.05) is 0 Å². The van der Waals surface area contributed by atoms with Gasteiger partial charge in [0.15, 0.2) is 0 Å². The maximum absolute atomic E-state index is 13.9. The van der Waals surface area contributed by atoms with E-state index in [2.05, 4.69) is 0 Å². The quantitative estimate of drug-likeness (QED) is 0.217.